The van der Waals surface area contributed by atoms with Crippen molar-refractivity contribution in [2.75, 3.05) is 7.11 Å². The number of aryl methyl sites for hydroxylation is 2. The fraction of sp³-hybridized carbons (Fsp3) is 0.360. The lowest BCUT2D eigenvalue weighted by molar-refractivity contribution is -0.160. The maximum Gasteiger partial charge on any atom is 0.348 e. The molecule has 0 aliphatic carbocycles. The normalized spacial score (nSPS) is 12.3. The molecule has 1 aromatic heterocycles. The van der Waals surface area contributed by atoms with Gasteiger partial charge in [0.2, 0.25) is 6.10 Å². The van der Waals surface area contributed by atoms with Crippen molar-refractivity contribution >= 4 is 5.97 Å². The molecule has 0 bridgehead atoms. The first-order valence-corrected chi connectivity index (χ1v) is 10.8. The van der Waals surface area contributed by atoms with Gasteiger partial charge in [0.25, 0.3) is 0 Å². The van der Waals surface area contributed by atoms with Gasteiger partial charge in [0, 0.05) is 20.0 Å². The molecule has 7 nitrogen and oxygen atoms in total. The molecule has 1 atom stereocenters. The van der Waals surface area contributed by atoms with Crippen LogP contribution >= 0.6 is 0 Å². The Morgan fingerprint density at radius 1 is 0.875 bits per heavy atom. The van der Waals surface area contributed by atoms with Crippen LogP contribution in [-0.4, -0.2) is 39.2 Å². The number of nitrogens with zero attached hydrogens (tertiary/aromatic N) is 3. The van der Waals surface area contributed by atoms with Gasteiger partial charge in [-0.1, -0.05) is 74.5 Å². The van der Waals surface area contributed by atoms with Crippen LogP contribution in [0, 0.1) is 0 Å². The van der Waals surface area contributed by atoms with Crippen LogP contribution in [0.15, 0.2) is 60.7 Å². The number of carbonyl (C=O) groups is 1. The summed E-state index contributed by atoms with van der Waals surface area (Å²) in [5, 5.41) is 10.3. The molecule has 0 amide bonds. The van der Waals surface area contributed by atoms with Crippen LogP contribution in [0.2, 0.25) is 0 Å². The van der Waals surface area contributed by atoms with Gasteiger partial charge >= 0.3 is 12.0 Å². The van der Waals surface area contributed by atoms with Crippen LogP contribution in [0.3, 0.4) is 0 Å². The van der Waals surface area contributed by atoms with Crippen molar-refractivity contribution in [1.82, 2.24) is 15.0 Å². The predicted molar refractivity (Wildman–Crippen MR) is 121 cm³/mol. The van der Waals surface area contributed by atoms with Gasteiger partial charge in [-0.15, -0.1) is 0 Å². The maximum absolute atomic E-state index is 12.6. The summed E-state index contributed by atoms with van der Waals surface area (Å²) >= 11 is 0. The minimum absolute atomic E-state index is 0.00686. The Morgan fingerprint density at radius 2 is 1.34 bits per heavy atom. The smallest absolute Gasteiger partial charge is 0.348 e. The fourth-order valence-corrected chi connectivity index (χ4v) is 3.76. The first kappa shape index (κ1) is 23.3. The highest BCUT2D eigenvalue weighted by Crippen LogP contribution is 2.38. The molecule has 7 heteroatoms. The van der Waals surface area contributed by atoms with E-state index in [1.54, 1.807) is 0 Å². The summed E-state index contributed by atoms with van der Waals surface area (Å²) in [7, 11) is 1.48. The van der Waals surface area contributed by atoms with Gasteiger partial charge in [0.1, 0.15) is 11.6 Å². The lowest BCUT2D eigenvalue weighted by Gasteiger charge is -2.37. The monoisotopic (exact) mass is 435 g/mol. The number of ether oxygens (including phenoxy) is 2. The second-order valence-electron chi connectivity index (χ2n) is 7.46. The zero-order valence-corrected chi connectivity index (χ0v) is 18.7. The standard InChI is InChI=1S/C25H29N3O4/c1-4-12-20-26-21(13-5-2)28-24(27-20)32-22(23(29)30)25(31-3,18-14-8-6-9-15-18)19-16-10-7-11-17-19/h6-11,14-17,22H,4-5,12-13H2,1-3H3,(H,29,30). The van der Waals surface area contributed by atoms with Crippen molar-refractivity contribution < 1.29 is 19.4 Å². The fourth-order valence-electron chi connectivity index (χ4n) is 3.76. The number of hydrogen-bond donors (Lipinski definition) is 1. The molecule has 1 unspecified atom stereocenters. The molecule has 0 fully saturated rings. The molecular weight excluding hydrogens is 406 g/mol. The Morgan fingerprint density at radius 3 is 1.72 bits per heavy atom. The topological polar surface area (TPSA) is 94.4 Å². The Kier molecular flexibility index (Phi) is 7.89. The lowest BCUT2D eigenvalue weighted by atomic mass is 9.81. The average Bonchev–Trinajstić information content (AvgIpc) is 2.81. The van der Waals surface area contributed by atoms with Gasteiger partial charge < -0.3 is 14.6 Å². The number of benzene rings is 2. The van der Waals surface area contributed by atoms with Crippen molar-refractivity contribution in [1.29, 1.82) is 0 Å². The van der Waals surface area contributed by atoms with Gasteiger partial charge in [-0.25, -0.2) is 9.78 Å². The lowest BCUT2D eigenvalue weighted by Crippen LogP contribution is -2.50. The highest BCUT2D eigenvalue weighted by Gasteiger charge is 2.49. The highest BCUT2D eigenvalue weighted by molar-refractivity contribution is 5.76. The summed E-state index contributed by atoms with van der Waals surface area (Å²) in [5.41, 5.74) is -0.118. The van der Waals surface area contributed by atoms with Crippen LogP contribution in [0.4, 0.5) is 0 Å². The molecule has 0 saturated heterocycles. The van der Waals surface area contributed by atoms with E-state index < -0.39 is 17.7 Å². The van der Waals surface area contributed by atoms with Crippen molar-refractivity contribution in [3.05, 3.63) is 83.4 Å². The highest BCUT2D eigenvalue weighted by atomic mass is 16.6. The van der Waals surface area contributed by atoms with E-state index in [1.165, 1.54) is 7.11 Å². The molecule has 2 aromatic carbocycles. The first-order valence-electron chi connectivity index (χ1n) is 10.8. The van der Waals surface area contributed by atoms with Crippen molar-refractivity contribution in [2.45, 2.75) is 51.2 Å². The second-order valence-corrected chi connectivity index (χ2v) is 7.46. The molecule has 168 valence electrons. The maximum atomic E-state index is 12.6. The minimum Gasteiger partial charge on any atom is -0.478 e. The van der Waals surface area contributed by atoms with E-state index in [4.69, 9.17) is 9.47 Å². The van der Waals surface area contributed by atoms with Crippen molar-refractivity contribution in [3.8, 4) is 6.01 Å². The van der Waals surface area contributed by atoms with Gasteiger partial charge in [0.15, 0.2) is 5.60 Å². The van der Waals surface area contributed by atoms with Gasteiger partial charge in [0.05, 0.1) is 0 Å². The molecular formula is C25H29N3O4. The zero-order chi connectivity index (χ0) is 23.0. The molecule has 0 spiro atoms. The van der Waals surface area contributed by atoms with Crippen molar-refractivity contribution in [3.63, 3.8) is 0 Å². The van der Waals surface area contributed by atoms with Gasteiger partial charge in [-0.3, -0.25) is 0 Å². The number of carboxylic acid groups (broad SMARTS) is 1. The van der Waals surface area contributed by atoms with Crippen LogP contribution in [0.5, 0.6) is 6.01 Å². The van der Waals surface area contributed by atoms with E-state index in [9.17, 15) is 9.90 Å². The summed E-state index contributed by atoms with van der Waals surface area (Å²) in [6.45, 7) is 4.06. The molecule has 0 aliphatic heterocycles. The number of aromatic nitrogens is 3. The van der Waals surface area contributed by atoms with Crippen LogP contribution in [-0.2, 0) is 28.0 Å². The van der Waals surface area contributed by atoms with E-state index in [0.29, 0.717) is 35.6 Å². The molecule has 1 heterocycles. The number of rotatable bonds is 11. The Labute approximate surface area is 188 Å². The van der Waals surface area contributed by atoms with E-state index in [0.717, 1.165) is 12.8 Å². The molecule has 0 radical (unpaired) electrons. The average molecular weight is 436 g/mol. The number of carboxylic acids is 1. The van der Waals surface area contributed by atoms with Crippen LogP contribution in [0.1, 0.15) is 49.5 Å². The van der Waals surface area contributed by atoms with E-state index in [-0.39, 0.29) is 6.01 Å². The summed E-state index contributed by atoms with van der Waals surface area (Å²) in [6.07, 6.45) is 1.57. The Bertz CT molecular complexity index is 948. The van der Waals surface area contributed by atoms with Crippen molar-refractivity contribution in [2.24, 2.45) is 0 Å². The van der Waals surface area contributed by atoms with Crippen LogP contribution in [0.25, 0.3) is 0 Å². The quantitative estimate of drug-likeness (QED) is 0.482. The third kappa shape index (κ3) is 4.94. The predicted octanol–water partition coefficient (Wildman–Crippen LogP) is 4.20. The number of hydrogen-bond acceptors (Lipinski definition) is 6. The molecule has 3 rings (SSSR count). The minimum atomic E-state index is -1.44. The van der Waals surface area contributed by atoms with E-state index in [1.807, 2.05) is 74.5 Å². The number of aliphatic carboxylic acids is 1. The van der Waals surface area contributed by atoms with E-state index in [2.05, 4.69) is 15.0 Å². The summed E-state index contributed by atoms with van der Waals surface area (Å²) < 4.78 is 12.0. The third-order valence-electron chi connectivity index (χ3n) is 5.20. The largest absolute Gasteiger partial charge is 0.478 e. The molecule has 0 saturated carbocycles. The Balaban J connectivity index is 2.15. The summed E-state index contributed by atoms with van der Waals surface area (Å²) in [4.78, 5) is 25.9. The summed E-state index contributed by atoms with van der Waals surface area (Å²) in [6, 6.07) is 18.4. The number of methoxy groups -OCH3 is 1. The molecule has 1 N–H and O–H groups in total. The van der Waals surface area contributed by atoms with Gasteiger partial charge in [-0.2, -0.15) is 9.97 Å². The zero-order valence-electron chi connectivity index (χ0n) is 18.7. The Hall–Kier alpha value is -3.32. The molecule has 0 aliphatic rings. The van der Waals surface area contributed by atoms with E-state index >= 15 is 0 Å². The molecule has 32 heavy (non-hydrogen) atoms. The third-order valence-corrected chi connectivity index (χ3v) is 5.20. The first-order chi connectivity index (χ1) is 15.5. The van der Waals surface area contributed by atoms with Gasteiger partial charge in [-0.05, 0) is 24.0 Å². The SMILES string of the molecule is CCCc1nc(CCC)nc(OC(C(=O)O)C(OC)(c2ccccc2)c2ccccc2)n1. The summed E-state index contributed by atoms with van der Waals surface area (Å²) in [5.74, 6) is -0.00546. The molecule has 3 aromatic rings. The second kappa shape index (κ2) is 10.8. The van der Waals surface area contributed by atoms with Crippen LogP contribution < -0.4 is 4.74 Å².